The monoisotopic (exact) mass is 289 g/mol. The van der Waals surface area contributed by atoms with Gasteiger partial charge in [-0.1, -0.05) is 53.7 Å². The van der Waals surface area contributed by atoms with Crippen LogP contribution in [0.5, 0.6) is 0 Å². The van der Waals surface area contributed by atoms with Gasteiger partial charge in [-0.2, -0.15) is 5.26 Å². The van der Waals surface area contributed by atoms with E-state index in [4.69, 9.17) is 9.69 Å². The lowest BCUT2D eigenvalue weighted by Crippen LogP contribution is -2.47. The number of rotatable bonds is 6. The van der Waals surface area contributed by atoms with E-state index in [2.05, 4.69) is 47.6 Å². The molecule has 0 unspecified atom stereocenters. The number of hydrogen-bond acceptors (Lipinski definition) is 2. The standard InChI is InChI=1S/C17H27NOSi/c1-13(2)20(14(3)4,15(5)6)19-12-17-9-7-16(11-18)8-10-17/h7-10,13-15H,12H2,1-6H3. The molecule has 0 saturated heterocycles. The molecule has 0 heterocycles. The van der Waals surface area contributed by atoms with Crippen LogP contribution in [0.2, 0.25) is 16.6 Å². The van der Waals surface area contributed by atoms with Gasteiger partial charge >= 0.3 is 0 Å². The molecule has 2 nitrogen and oxygen atoms in total. The van der Waals surface area contributed by atoms with Crippen LogP contribution in [0.4, 0.5) is 0 Å². The van der Waals surface area contributed by atoms with Gasteiger partial charge in [-0.25, -0.2) is 0 Å². The summed E-state index contributed by atoms with van der Waals surface area (Å²) in [6, 6.07) is 9.87. The Balaban J connectivity index is 2.88. The van der Waals surface area contributed by atoms with Crippen LogP contribution in [-0.4, -0.2) is 8.32 Å². The van der Waals surface area contributed by atoms with Crippen LogP contribution in [-0.2, 0) is 11.0 Å². The second kappa shape index (κ2) is 7.06. The summed E-state index contributed by atoms with van der Waals surface area (Å²) >= 11 is 0. The largest absolute Gasteiger partial charge is 0.412 e. The van der Waals surface area contributed by atoms with Crippen molar-refractivity contribution in [1.82, 2.24) is 0 Å². The summed E-state index contributed by atoms with van der Waals surface area (Å²) in [4.78, 5) is 0. The lowest BCUT2D eigenvalue weighted by atomic mass is 10.2. The molecule has 20 heavy (non-hydrogen) atoms. The molecule has 0 radical (unpaired) electrons. The fourth-order valence-corrected chi connectivity index (χ4v) is 8.80. The van der Waals surface area contributed by atoms with Crippen LogP contribution < -0.4 is 0 Å². The third-order valence-electron chi connectivity index (χ3n) is 4.28. The van der Waals surface area contributed by atoms with Gasteiger partial charge < -0.3 is 4.43 Å². The van der Waals surface area contributed by atoms with Gasteiger partial charge in [0.1, 0.15) is 0 Å². The van der Waals surface area contributed by atoms with E-state index in [9.17, 15) is 0 Å². The topological polar surface area (TPSA) is 33.0 Å². The summed E-state index contributed by atoms with van der Waals surface area (Å²) in [5, 5.41) is 8.83. The van der Waals surface area contributed by atoms with E-state index in [-0.39, 0.29) is 0 Å². The zero-order valence-corrected chi connectivity index (χ0v) is 14.6. The lowest BCUT2D eigenvalue weighted by molar-refractivity contribution is 0.266. The summed E-state index contributed by atoms with van der Waals surface area (Å²) in [6.07, 6.45) is 0. The zero-order valence-electron chi connectivity index (χ0n) is 13.6. The van der Waals surface area contributed by atoms with Crippen LogP contribution in [0, 0.1) is 11.3 Å². The Labute approximate surface area is 124 Å². The maximum absolute atomic E-state index is 8.83. The molecule has 0 aliphatic carbocycles. The fourth-order valence-electron chi connectivity index (χ4n) is 3.38. The molecule has 1 aromatic carbocycles. The van der Waals surface area contributed by atoms with Crippen molar-refractivity contribution >= 4 is 8.32 Å². The van der Waals surface area contributed by atoms with E-state index in [1.165, 1.54) is 0 Å². The summed E-state index contributed by atoms with van der Waals surface area (Å²) in [6.45, 7) is 14.4. The molecule has 0 atom stereocenters. The molecular weight excluding hydrogens is 262 g/mol. The molecular formula is C17H27NOSi. The molecule has 0 aliphatic heterocycles. The Hall–Kier alpha value is -1.11. The van der Waals surface area contributed by atoms with Crippen molar-refractivity contribution in [2.24, 2.45) is 0 Å². The van der Waals surface area contributed by atoms with Crippen molar-refractivity contribution < 1.29 is 4.43 Å². The van der Waals surface area contributed by atoms with Gasteiger partial charge in [0.15, 0.2) is 0 Å². The Morgan fingerprint density at radius 1 is 0.950 bits per heavy atom. The van der Waals surface area contributed by atoms with E-state index in [0.29, 0.717) is 28.8 Å². The van der Waals surface area contributed by atoms with Crippen LogP contribution in [0.25, 0.3) is 0 Å². The molecule has 0 aliphatic rings. The molecule has 3 heteroatoms. The smallest absolute Gasteiger partial charge is 0.200 e. The summed E-state index contributed by atoms with van der Waals surface area (Å²) < 4.78 is 6.53. The van der Waals surface area contributed by atoms with Crippen molar-refractivity contribution in [3.63, 3.8) is 0 Å². The molecule has 1 aromatic rings. The van der Waals surface area contributed by atoms with Crippen molar-refractivity contribution in [1.29, 1.82) is 5.26 Å². The maximum Gasteiger partial charge on any atom is 0.200 e. The highest BCUT2D eigenvalue weighted by molar-refractivity contribution is 6.77. The molecule has 0 aromatic heterocycles. The van der Waals surface area contributed by atoms with Crippen molar-refractivity contribution in [2.75, 3.05) is 0 Å². The quantitative estimate of drug-likeness (QED) is 0.670. The van der Waals surface area contributed by atoms with Crippen molar-refractivity contribution in [3.8, 4) is 6.07 Å². The summed E-state index contributed by atoms with van der Waals surface area (Å²) in [5.74, 6) is 0. The predicted molar refractivity (Wildman–Crippen MR) is 87.0 cm³/mol. The maximum atomic E-state index is 8.83. The summed E-state index contributed by atoms with van der Waals surface area (Å²) in [7, 11) is -1.80. The third kappa shape index (κ3) is 3.50. The first-order chi connectivity index (χ1) is 9.34. The molecule has 0 bridgehead atoms. The second-order valence-electron chi connectivity index (χ2n) is 6.42. The first kappa shape index (κ1) is 16.9. The van der Waals surface area contributed by atoms with Crippen LogP contribution >= 0.6 is 0 Å². The number of nitriles is 1. The Kier molecular flexibility index (Phi) is 5.98. The minimum atomic E-state index is -1.80. The Morgan fingerprint density at radius 2 is 1.40 bits per heavy atom. The van der Waals surface area contributed by atoms with Crippen LogP contribution in [0.1, 0.15) is 52.7 Å². The van der Waals surface area contributed by atoms with E-state index in [0.717, 1.165) is 5.56 Å². The normalized spacial score (nSPS) is 12.2. The van der Waals surface area contributed by atoms with Gasteiger partial charge in [-0.3, -0.25) is 0 Å². The van der Waals surface area contributed by atoms with E-state index >= 15 is 0 Å². The number of nitrogens with zero attached hydrogens (tertiary/aromatic N) is 1. The van der Waals surface area contributed by atoms with Gasteiger partial charge in [0, 0.05) is 0 Å². The van der Waals surface area contributed by atoms with Crippen LogP contribution in [0.3, 0.4) is 0 Å². The minimum Gasteiger partial charge on any atom is -0.412 e. The van der Waals surface area contributed by atoms with Crippen LogP contribution in [0.15, 0.2) is 24.3 Å². The summed E-state index contributed by atoms with van der Waals surface area (Å²) in [5.41, 5.74) is 3.65. The molecule has 1 rings (SSSR count). The SMILES string of the molecule is CC(C)[Si](OCc1ccc(C#N)cc1)(C(C)C)C(C)C. The van der Waals surface area contributed by atoms with Gasteiger partial charge in [0.25, 0.3) is 0 Å². The van der Waals surface area contributed by atoms with E-state index in [1.807, 2.05) is 24.3 Å². The highest BCUT2D eigenvalue weighted by Gasteiger charge is 2.44. The Morgan fingerprint density at radius 3 is 1.75 bits per heavy atom. The van der Waals surface area contributed by atoms with Gasteiger partial charge in [0.05, 0.1) is 18.2 Å². The van der Waals surface area contributed by atoms with Gasteiger partial charge in [-0.05, 0) is 34.3 Å². The molecule has 110 valence electrons. The minimum absolute atomic E-state index is 0.598. The van der Waals surface area contributed by atoms with Crippen molar-refractivity contribution in [3.05, 3.63) is 35.4 Å². The van der Waals surface area contributed by atoms with E-state index < -0.39 is 8.32 Å². The molecule has 0 saturated carbocycles. The molecule has 0 fully saturated rings. The zero-order chi connectivity index (χ0) is 15.3. The fraction of sp³-hybridized carbons (Fsp3) is 0.588. The molecule has 0 N–H and O–H groups in total. The molecule has 0 amide bonds. The first-order valence-electron chi connectivity index (χ1n) is 7.47. The van der Waals surface area contributed by atoms with E-state index in [1.54, 1.807) is 0 Å². The average Bonchev–Trinajstić information content (AvgIpc) is 2.38. The highest BCUT2D eigenvalue weighted by Crippen LogP contribution is 2.42. The molecule has 0 spiro atoms. The second-order valence-corrected chi connectivity index (χ2v) is 11.9. The first-order valence-corrected chi connectivity index (χ1v) is 9.61. The predicted octanol–water partition coefficient (Wildman–Crippen LogP) is 5.25. The lowest BCUT2D eigenvalue weighted by Gasteiger charge is -2.42. The average molecular weight is 289 g/mol. The van der Waals surface area contributed by atoms with Gasteiger partial charge in [0.2, 0.25) is 8.32 Å². The highest BCUT2D eigenvalue weighted by atomic mass is 28.4. The third-order valence-corrected chi connectivity index (χ3v) is 10.3. The Bertz CT molecular complexity index is 435. The number of benzene rings is 1. The van der Waals surface area contributed by atoms with Crippen molar-refractivity contribution in [2.45, 2.75) is 64.8 Å². The number of hydrogen-bond donors (Lipinski definition) is 0. The van der Waals surface area contributed by atoms with Gasteiger partial charge in [-0.15, -0.1) is 0 Å².